The van der Waals surface area contributed by atoms with Gasteiger partial charge in [0.25, 0.3) is 5.91 Å². The van der Waals surface area contributed by atoms with Crippen molar-refractivity contribution in [2.75, 3.05) is 26.7 Å². The molecule has 4 heteroatoms. The number of nitrogens with one attached hydrogen (secondary N) is 2. The molecule has 0 aliphatic carbocycles. The Labute approximate surface area is 101 Å². The third-order valence-corrected chi connectivity index (χ3v) is 2.86. The third kappa shape index (κ3) is 2.97. The van der Waals surface area contributed by atoms with Gasteiger partial charge in [0.15, 0.2) is 0 Å². The van der Waals surface area contributed by atoms with Crippen LogP contribution in [0.15, 0.2) is 18.2 Å². The second kappa shape index (κ2) is 5.68. The number of fused-ring (bicyclic) bond motifs is 1. The Hall–Kier alpha value is -1.55. The van der Waals surface area contributed by atoms with E-state index in [-0.39, 0.29) is 5.91 Å². The highest BCUT2D eigenvalue weighted by Gasteiger charge is 2.15. The monoisotopic (exact) mass is 234 g/mol. The number of likely N-dealkylation sites (N-methyl/N-ethyl adjacent to an activating group) is 1. The van der Waals surface area contributed by atoms with Gasteiger partial charge in [0.05, 0.1) is 0 Å². The molecule has 2 N–H and O–H groups in total. The van der Waals surface area contributed by atoms with Crippen molar-refractivity contribution in [3.8, 4) is 5.75 Å². The molecule has 1 heterocycles. The number of ether oxygens (including phenoxy) is 1. The van der Waals surface area contributed by atoms with E-state index < -0.39 is 0 Å². The summed E-state index contributed by atoms with van der Waals surface area (Å²) in [5.74, 6) is 0.771. The summed E-state index contributed by atoms with van der Waals surface area (Å²) in [6.07, 6.45) is 1.95. The molecule has 1 aromatic rings. The topological polar surface area (TPSA) is 50.4 Å². The summed E-state index contributed by atoms with van der Waals surface area (Å²) in [6.45, 7) is 2.16. The first-order chi connectivity index (χ1) is 8.31. The van der Waals surface area contributed by atoms with Crippen LogP contribution in [0, 0.1) is 0 Å². The fraction of sp³-hybridized carbons (Fsp3) is 0.462. The van der Waals surface area contributed by atoms with Crippen molar-refractivity contribution in [1.82, 2.24) is 10.6 Å². The Morgan fingerprint density at radius 3 is 3.18 bits per heavy atom. The van der Waals surface area contributed by atoms with E-state index in [1.54, 1.807) is 0 Å². The molecule has 0 fully saturated rings. The highest BCUT2D eigenvalue weighted by atomic mass is 16.5. The van der Waals surface area contributed by atoms with Crippen LogP contribution in [-0.4, -0.2) is 32.7 Å². The molecule has 0 bridgehead atoms. The van der Waals surface area contributed by atoms with Crippen LogP contribution >= 0.6 is 0 Å². The van der Waals surface area contributed by atoms with Gasteiger partial charge in [0, 0.05) is 18.7 Å². The summed E-state index contributed by atoms with van der Waals surface area (Å²) in [6, 6.07) is 5.77. The Kier molecular flexibility index (Phi) is 3.98. The summed E-state index contributed by atoms with van der Waals surface area (Å²) in [7, 11) is 1.88. The molecule has 0 unspecified atom stereocenters. The van der Waals surface area contributed by atoms with E-state index in [4.69, 9.17) is 4.74 Å². The Morgan fingerprint density at radius 1 is 1.47 bits per heavy atom. The molecule has 0 spiro atoms. The number of hydrogen-bond acceptors (Lipinski definition) is 3. The molecular formula is C13H18N2O2. The quantitative estimate of drug-likeness (QED) is 0.763. The molecule has 0 atom stereocenters. The van der Waals surface area contributed by atoms with E-state index in [2.05, 4.69) is 10.6 Å². The molecule has 1 aliphatic rings. The van der Waals surface area contributed by atoms with E-state index in [1.165, 1.54) is 0 Å². The van der Waals surface area contributed by atoms with Crippen LogP contribution in [0.4, 0.5) is 0 Å². The fourth-order valence-electron chi connectivity index (χ4n) is 1.92. The molecular weight excluding hydrogens is 216 g/mol. The zero-order chi connectivity index (χ0) is 12.1. The lowest BCUT2D eigenvalue weighted by Crippen LogP contribution is -2.22. The van der Waals surface area contributed by atoms with E-state index in [0.29, 0.717) is 6.61 Å². The average molecular weight is 234 g/mol. The average Bonchev–Trinajstić information content (AvgIpc) is 2.52. The maximum Gasteiger partial charge on any atom is 0.251 e. The zero-order valence-corrected chi connectivity index (χ0v) is 10.1. The van der Waals surface area contributed by atoms with Crippen LogP contribution < -0.4 is 15.4 Å². The summed E-state index contributed by atoms with van der Waals surface area (Å²) >= 11 is 0. The van der Waals surface area contributed by atoms with Gasteiger partial charge in [-0.15, -0.1) is 0 Å². The van der Waals surface area contributed by atoms with Crippen molar-refractivity contribution in [1.29, 1.82) is 0 Å². The van der Waals surface area contributed by atoms with Gasteiger partial charge >= 0.3 is 0 Å². The van der Waals surface area contributed by atoms with Gasteiger partial charge in [-0.1, -0.05) is 6.07 Å². The summed E-state index contributed by atoms with van der Waals surface area (Å²) < 4.78 is 5.56. The first-order valence-corrected chi connectivity index (χ1v) is 6.00. The summed E-state index contributed by atoms with van der Waals surface area (Å²) in [5.41, 5.74) is 1.87. The van der Waals surface area contributed by atoms with Gasteiger partial charge in [-0.3, -0.25) is 4.79 Å². The van der Waals surface area contributed by atoms with E-state index >= 15 is 0 Å². The lowest BCUT2D eigenvalue weighted by Gasteiger charge is -2.09. The molecule has 0 saturated heterocycles. The number of amides is 1. The number of aryl methyl sites for hydroxylation is 1. The van der Waals surface area contributed by atoms with Crippen LogP contribution in [0.2, 0.25) is 0 Å². The largest absolute Gasteiger partial charge is 0.492 e. The summed E-state index contributed by atoms with van der Waals surface area (Å²) in [5, 5.41) is 5.90. The lowest BCUT2D eigenvalue weighted by molar-refractivity contribution is 0.0955. The van der Waals surface area contributed by atoms with Crippen LogP contribution in [-0.2, 0) is 6.42 Å². The van der Waals surface area contributed by atoms with Crippen LogP contribution in [0.25, 0.3) is 0 Å². The SMILES string of the molecule is CNCCOc1ccc2c(c1)C(=O)NCCC2. The number of hydrogen-bond donors (Lipinski definition) is 2. The minimum atomic E-state index is 0.0107. The van der Waals surface area contributed by atoms with Crippen molar-refractivity contribution < 1.29 is 9.53 Å². The second-order valence-electron chi connectivity index (χ2n) is 4.13. The van der Waals surface area contributed by atoms with Gasteiger partial charge in [-0.25, -0.2) is 0 Å². The molecule has 1 amide bonds. The lowest BCUT2D eigenvalue weighted by atomic mass is 10.0. The molecule has 0 aromatic heterocycles. The van der Waals surface area contributed by atoms with Gasteiger partial charge in [-0.2, -0.15) is 0 Å². The molecule has 1 aromatic carbocycles. The van der Waals surface area contributed by atoms with Crippen molar-refractivity contribution in [2.45, 2.75) is 12.8 Å². The van der Waals surface area contributed by atoms with E-state index in [0.717, 1.165) is 42.8 Å². The maximum atomic E-state index is 11.8. The molecule has 0 saturated carbocycles. The maximum absolute atomic E-state index is 11.8. The van der Waals surface area contributed by atoms with Crippen LogP contribution in [0.1, 0.15) is 22.3 Å². The molecule has 4 nitrogen and oxygen atoms in total. The van der Waals surface area contributed by atoms with Gasteiger partial charge < -0.3 is 15.4 Å². The first-order valence-electron chi connectivity index (χ1n) is 6.00. The normalized spacial score (nSPS) is 14.8. The fourth-order valence-corrected chi connectivity index (χ4v) is 1.92. The smallest absolute Gasteiger partial charge is 0.251 e. The minimum absolute atomic E-state index is 0.0107. The van der Waals surface area contributed by atoms with E-state index in [1.807, 2.05) is 25.2 Å². The zero-order valence-electron chi connectivity index (χ0n) is 10.1. The highest BCUT2D eigenvalue weighted by Crippen LogP contribution is 2.20. The van der Waals surface area contributed by atoms with E-state index in [9.17, 15) is 4.79 Å². The second-order valence-corrected chi connectivity index (χ2v) is 4.13. The minimum Gasteiger partial charge on any atom is -0.492 e. The number of rotatable bonds is 4. The van der Waals surface area contributed by atoms with Crippen LogP contribution in [0.5, 0.6) is 5.75 Å². The van der Waals surface area contributed by atoms with Gasteiger partial charge in [-0.05, 0) is 37.6 Å². The number of benzene rings is 1. The Morgan fingerprint density at radius 2 is 2.35 bits per heavy atom. The molecule has 2 rings (SSSR count). The molecule has 0 radical (unpaired) electrons. The van der Waals surface area contributed by atoms with Gasteiger partial charge in [0.1, 0.15) is 12.4 Å². The standard InChI is InChI=1S/C13H18N2O2/c1-14-7-8-17-11-5-4-10-3-2-6-15-13(16)12(10)9-11/h4-5,9,14H,2-3,6-8H2,1H3,(H,15,16). The van der Waals surface area contributed by atoms with Gasteiger partial charge in [0.2, 0.25) is 0 Å². The number of carbonyl (C=O) groups excluding carboxylic acids is 1. The first kappa shape index (κ1) is 11.9. The number of carbonyl (C=O) groups is 1. The molecule has 92 valence electrons. The van der Waals surface area contributed by atoms with Crippen molar-refractivity contribution >= 4 is 5.91 Å². The Balaban J connectivity index is 2.14. The van der Waals surface area contributed by atoms with Crippen LogP contribution in [0.3, 0.4) is 0 Å². The summed E-state index contributed by atoms with van der Waals surface area (Å²) in [4.78, 5) is 11.8. The predicted octanol–water partition coefficient (Wildman–Crippen LogP) is 0.961. The molecule has 1 aliphatic heterocycles. The third-order valence-electron chi connectivity index (χ3n) is 2.86. The predicted molar refractivity (Wildman–Crippen MR) is 66.5 cm³/mol. The molecule has 17 heavy (non-hydrogen) atoms. The van der Waals surface area contributed by atoms with Crippen molar-refractivity contribution in [2.24, 2.45) is 0 Å². The van der Waals surface area contributed by atoms with Crippen molar-refractivity contribution in [3.05, 3.63) is 29.3 Å². The highest BCUT2D eigenvalue weighted by molar-refractivity contribution is 5.96. The Bertz CT molecular complexity index is 404. The van der Waals surface area contributed by atoms with Crippen molar-refractivity contribution in [3.63, 3.8) is 0 Å².